The maximum atomic E-state index is 10.5. The van der Waals surface area contributed by atoms with Crippen molar-refractivity contribution in [3.63, 3.8) is 0 Å². The van der Waals surface area contributed by atoms with Crippen LogP contribution in [0, 0.1) is 5.92 Å². The Morgan fingerprint density at radius 1 is 1.32 bits per heavy atom. The first kappa shape index (κ1) is 14.1. The number of nitrogens with zero attached hydrogens (tertiary/aromatic N) is 2. The van der Waals surface area contributed by atoms with E-state index in [-0.39, 0.29) is 0 Å². The van der Waals surface area contributed by atoms with E-state index in [1.165, 1.54) is 0 Å². The first-order valence-corrected chi connectivity index (χ1v) is 7.09. The number of hydrogen-bond donors (Lipinski definition) is 1. The summed E-state index contributed by atoms with van der Waals surface area (Å²) in [6.07, 6.45) is 1.40. The normalized spacial score (nSPS) is 15.1. The molecule has 19 heavy (non-hydrogen) atoms. The third-order valence-electron chi connectivity index (χ3n) is 3.44. The Kier molecular flexibility index (Phi) is 3.95. The van der Waals surface area contributed by atoms with Gasteiger partial charge in [0.15, 0.2) is 0 Å². The van der Waals surface area contributed by atoms with E-state index in [4.69, 9.17) is 0 Å². The predicted molar refractivity (Wildman–Crippen MR) is 79.2 cm³/mol. The topological polar surface area (TPSA) is 38.0 Å². The van der Waals surface area contributed by atoms with Crippen LogP contribution in [0.25, 0.3) is 11.0 Å². The third kappa shape index (κ3) is 3.16. The maximum absolute atomic E-state index is 10.5. The molecule has 3 heteroatoms. The Balaban J connectivity index is 2.34. The van der Waals surface area contributed by atoms with Crippen LogP contribution >= 0.6 is 0 Å². The zero-order chi connectivity index (χ0) is 14.0. The fraction of sp³-hybridized carbons (Fsp3) is 0.562. The monoisotopic (exact) mass is 260 g/mol. The largest absolute Gasteiger partial charge is 0.390 e. The van der Waals surface area contributed by atoms with E-state index in [2.05, 4.69) is 36.4 Å². The fourth-order valence-corrected chi connectivity index (χ4v) is 2.91. The van der Waals surface area contributed by atoms with Crippen molar-refractivity contribution in [2.24, 2.45) is 5.92 Å². The van der Waals surface area contributed by atoms with E-state index < -0.39 is 5.60 Å². The van der Waals surface area contributed by atoms with Gasteiger partial charge in [0.1, 0.15) is 5.82 Å². The molecule has 0 amide bonds. The second-order valence-corrected chi connectivity index (χ2v) is 6.03. The molecule has 2 aromatic rings. The Hall–Kier alpha value is -1.35. The lowest BCUT2D eigenvalue weighted by Crippen LogP contribution is -2.30. The Morgan fingerprint density at radius 3 is 2.63 bits per heavy atom. The van der Waals surface area contributed by atoms with Crippen LogP contribution in [0.2, 0.25) is 0 Å². The third-order valence-corrected chi connectivity index (χ3v) is 3.44. The molecular formula is C16H24N2O. The van der Waals surface area contributed by atoms with Crippen molar-refractivity contribution in [1.82, 2.24) is 9.55 Å². The summed E-state index contributed by atoms with van der Waals surface area (Å²) in [6, 6.07) is 8.16. The molecular weight excluding hydrogens is 236 g/mol. The molecule has 1 aromatic carbocycles. The Morgan fingerprint density at radius 2 is 2.00 bits per heavy atom. The molecule has 0 bridgehead atoms. The Bertz CT molecular complexity index is 555. The number of para-hydroxylation sites is 2. The molecule has 2 rings (SSSR count). The van der Waals surface area contributed by atoms with Gasteiger partial charge in [0, 0.05) is 13.0 Å². The maximum Gasteiger partial charge on any atom is 0.112 e. The molecule has 0 radical (unpaired) electrons. The molecule has 0 aliphatic carbocycles. The van der Waals surface area contributed by atoms with Crippen molar-refractivity contribution in [2.75, 3.05) is 0 Å². The van der Waals surface area contributed by atoms with Crippen LogP contribution in [-0.4, -0.2) is 20.3 Å². The highest BCUT2D eigenvalue weighted by molar-refractivity contribution is 5.75. The fourth-order valence-electron chi connectivity index (χ4n) is 2.91. The number of rotatable bonds is 5. The molecule has 1 unspecified atom stereocenters. The summed E-state index contributed by atoms with van der Waals surface area (Å²) in [5, 5.41) is 10.5. The van der Waals surface area contributed by atoms with Gasteiger partial charge in [-0.15, -0.1) is 0 Å². The van der Waals surface area contributed by atoms with Gasteiger partial charge < -0.3 is 9.67 Å². The van der Waals surface area contributed by atoms with Crippen LogP contribution in [-0.2, 0) is 13.0 Å². The smallest absolute Gasteiger partial charge is 0.112 e. The van der Waals surface area contributed by atoms with E-state index >= 15 is 0 Å². The summed E-state index contributed by atoms with van der Waals surface area (Å²) in [5.74, 6) is 1.46. The zero-order valence-corrected chi connectivity index (χ0v) is 12.3. The van der Waals surface area contributed by atoms with Crippen LogP contribution in [0.5, 0.6) is 0 Å². The predicted octanol–water partition coefficient (Wildman–Crippen LogP) is 3.40. The zero-order valence-electron chi connectivity index (χ0n) is 12.3. The minimum absolute atomic E-state index is 0.481. The molecule has 1 atom stereocenters. The number of fused-ring (bicyclic) bond motifs is 1. The highest BCUT2D eigenvalue weighted by Gasteiger charge is 2.25. The summed E-state index contributed by atoms with van der Waals surface area (Å²) in [7, 11) is 0. The quantitative estimate of drug-likeness (QED) is 0.894. The molecule has 0 aliphatic heterocycles. The summed E-state index contributed by atoms with van der Waals surface area (Å²) >= 11 is 0. The van der Waals surface area contributed by atoms with Gasteiger partial charge in [-0.1, -0.05) is 26.0 Å². The van der Waals surface area contributed by atoms with Gasteiger partial charge in [-0.2, -0.15) is 0 Å². The average Bonchev–Trinajstić information content (AvgIpc) is 2.62. The summed E-state index contributed by atoms with van der Waals surface area (Å²) in [6.45, 7) is 9.18. The van der Waals surface area contributed by atoms with E-state index in [1.54, 1.807) is 0 Å². The highest BCUT2D eigenvalue weighted by Crippen LogP contribution is 2.24. The molecule has 3 nitrogen and oxygen atoms in total. The van der Waals surface area contributed by atoms with Gasteiger partial charge in [0.2, 0.25) is 0 Å². The van der Waals surface area contributed by atoms with Crippen LogP contribution < -0.4 is 0 Å². The van der Waals surface area contributed by atoms with Crippen molar-refractivity contribution in [2.45, 2.75) is 52.7 Å². The lowest BCUT2D eigenvalue weighted by atomic mass is 9.91. The van der Waals surface area contributed by atoms with Gasteiger partial charge in [-0.05, 0) is 38.3 Å². The minimum atomic E-state index is -0.692. The highest BCUT2D eigenvalue weighted by atomic mass is 16.3. The second kappa shape index (κ2) is 5.33. The number of aryl methyl sites for hydroxylation is 1. The number of benzene rings is 1. The van der Waals surface area contributed by atoms with E-state index in [9.17, 15) is 5.11 Å². The van der Waals surface area contributed by atoms with Crippen LogP contribution in [0.3, 0.4) is 0 Å². The molecule has 104 valence electrons. The van der Waals surface area contributed by atoms with Crippen molar-refractivity contribution >= 4 is 11.0 Å². The van der Waals surface area contributed by atoms with E-state index in [1.807, 2.05) is 25.1 Å². The van der Waals surface area contributed by atoms with Crippen LogP contribution in [0.1, 0.15) is 39.9 Å². The standard InChI is InChI=1S/C16H24N2O/c1-5-18-14-9-7-6-8-13(14)17-15(18)11-16(4,19)10-12(2)3/h6-9,12,19H,5,10-11H2,1-4H3. The Labute approximate surface area is 115 Å². The molecule has 0 aliphatic rings. The summed E-state index contributed by atoms with van der Waals surface area (Å²) in [4.78, 5) is 4.68. The number of aromatic nitrogens is 2. The summed E-state index contributed by atoms with van der Waals surface area (Å²) in [5.41, 5.74) is 1.47. The summed E-state index contributed by atoms with van der Waals surface area (Å²) < 4.78 is 2.20. The number of aliphatic hydroxyl groups is 1. The molecule has 1 N–H and O–H groups in total. The van der Waals surface area contributed by atoms with Gasteiger partial charge in [-0.25, -0.2) is 4.98 Å². The van der Waals surface area contributed by atoms with Crippen molar-refractivity contribution in [3.8, 4) is 0 Å². The molecule has 0 saturated heterocycles. The first-order chi connectivity index (χ1) is 8.93. The van der Waals surface area contributed by atoms with Crippen LogP contribution in [0.15, 0.2) is 24.3 Å². The number of imidazole rings is 1. The lowest BCUT2D eigenvalue weighted by Gasteiger charge is -2.25. The van der Waals surface area contributed by atoms with Crippen LogP contribution in [0.4, 0.5) is 0 Å². The van der Waals surface area contributed by atoms with E-state index in [0.717, 1.165) is 29.8 Å². The van der Waals surface area contributed by atoms with Gasteiger partial charge in [-0.3, -0.25) is 0 Å². The average molecular weight is 260 g/mol. The number of hydrogen-bond acceptors (Lipinski definition) is 2. The van der Waals surface area contributed by atoms with Crippen molar-refractivity contribution in [3.05, 3.63) is 30.1 Å². The van der Waals surface area contributed by atoms with Crippen molar-refractivity contribution in [1.29, 1.82) is 0 Å². The van der Waals surface area contributed by atoms with E-state index in [0.29, 0.717) is 12.3 Å². The molecule has 1 heterocycles. The molecule has 0 spiro atoms. The lowest BCUT2D eigenvalue weighted by molar-refractivity contribution is 0.0363. The van der Waals surface area contributed by atoms with Gasteiger partial charge in [0.25, 0.3) is 0 Å². The molecule has 1 aromatic heterocycles. The second-order valence-electron chi connectivity index (χ2n) is 6.03. The minimum Gasteiger partial charge on any atom is -0.390 e. The first-order valence-electron chi connectivity index (χ1n) is 7.09. The molecule has 0 saturated carbocycles. The van der Waals surface area contributed by atoms with Gasteiger partial charge >= 0.3 is 0 Å². The van der Waals surface area contributed by atoms with Crippen molar-refractivity contribution < 1.29 is 5.11 Å². The SMILES string of the molecule is CCn1c(CC(C)(O)CC(C)C)nc2ccccc21. The molecule has 0 fully saturated rings. The van der Waals surface area contributed by atoms with Gasteiger partial charge in [0.05, 0.1) is 16.6 Å².